The van der Waals surface area contributed by atoms with Gasteiger partial charge in [0.25, 0.3) is 5.91 Å². The van der Waals surface area contributed by atoms with E-state index in [-0.39, 0.29) is 30.3 Å². The highest BCUT2D eigenvalue weighted by atomic mass is 35.5. The van der Waals surface area contributed by atoms with Crippen molar-refractivity contribution in [3.8, 4) is 16.9 Å². The Balaban J connectivity index is 1.59. The number of hydrogen-bond acceptors (Lipinski definition) is 5. The van der Waals surface area contributed by atoms with Crippen LogP contribution in [0.2, 0.25) is 5.02 Å². The molecule has 1 amide bonds. The maximum atomic E-state index is 13.1. The SMILES string of the molecule is Nc1ncc(-c2ccc(Cl)cc2)c([C@@H]2CCCCN2C(=O)COc2ccc(F)cc2)n1. The number of likely N-dealkylation sites (tertiary alicyclic amines) is 1. The molecule has 1 atom stereocenters. The largest absolute Gasteiger partial charge is 0.484 e. The molecule has 0 saturated carbocycles. The lowest BCUT2D eigenvalue weighted by Crippen LogP contribution is -2.41. The first-order chi connectivity index (χ1) is 15.0. The van der Waals surface area contributed by atoms with Gasteiger partial charge in [-0.15, -0.1) is 0 Å². The number of carbonyl (C=O) groups is 1. The summed E-state index contributed by atoms with van der Waals surface area (Å²) in [6.07, 6.45) is 4.32. The molecule has 1 aliphatic rings. The highest BCUT2D eigenvalue weighted by molar-refractivity contribution is 6.30. The Morgan fingerprint density at radius 1 is 1.16 bits per heavy atom. The second-order valence-electron chi connectivity index (χ2n) is 7.38. The minimum atomic E-state index is -0.356. The number of halogens is 2. The molecule has 8 heteroatoms. The first-order valence-electron chi connectivity index (χ1n) is 10.1. The van der Waals surface area contributed by atoms with Gasteiger partial charge in [-0.25, -0.2) is 14.4 Å². The molecule has 31 heavy (non-hydrogen) atoms. The Morgan fingerprint density at radius 2 is 1.90 bits per heavy atom. The minimum Gasteiger partial charge on any atom is -0.484 e. The Labute approximate surface area is 184 Å². The van der Waals surface area contributed by atoms with Gasteiger partial charge in [0.15, 0.2) is 6.61 Å². The van der Waals surface area contributed by atoms with Crippen molar-refractivity contribution >= 4 is 23.5 Å². The predicted octanol–water partition coefficient (Wildman–Crippen LogP) is 4.65. The van der Waals surface area contributed by atoms with Crippen LogP contribution in [0.4, 0.5) is 10.3 Å². The smallest absolute Gasteiger partial charge is 0.261 e. The van der Waals surface area contributed by atoms with Crippen LogP contribution in [0.5, 0.6) is 5.75 Å². The Hall–Kier alpha value is -3.19. The van der Waals surface area contributed by atoms with Gasteiger partial charge in [0.2, 0.25) is 5.95 Å². The third-order valence-corrected chi connectivity index (χ3v) is 5.56. The van der Waals surface area contributed by atoms with Crippen molar-refractivity contribution < 1.29 is 13.9 Å². The van der Waals surface area contributed by atoms with Crippen LogP contribution in [0.3, 0.4) is 0 Å². The van der Waals surface area contributed by atoms with Crippen LogP contribution in [0.25, 0.3) is 11.1 Å². The molecule has 3 aromatic rings. The number of aromatic nitrogens is 2. The molecular weight excluding hydrogens is 419 g/mol. The lowest BCUT2D eigenvalue weighted by molar-refractivity contribution is -0.137. The number of nitrogen functional groups attached to an aromatic ring is 1. The molecule has 1 fully saturated rings. The maximum absolute atomic E-state index is 13.1. The number of piperidine rings is 1. The third kappa shape index (κ3) is 4.94. The molecule has 0 unspecified atom stereocenters. The molecule has 0 bridgehead atoms. The van der Waals surface area contributed by atoms with Crippen molar-refractivity contribution in [1.29, 1.82) is 0 Å². The van der Waals surface area contributed by atoms with Crippen LogP contribution in [0.15, 0.2) is 54.7 Å². The summed E-state index contributed by atoms with van der Waals surface area (Å²) in [5.41, 5.74) is 8.33. The summed E-state index contributed by atoms with van der Waals surface area (Å²) in [4.78, 5) is 23.5. The molecule has 2 heterocycles. The third-order valence-electron chi connectivity index (χ3n) is 5.31. The fraction of sp³-hybridized carbons (Fsp3) is 0.261. The van der Waals surface area contributed by atoms with Crippen LogP contribution >= 0.6 is 11.6 Å². The molecule has 0 aliphatic carbocycles. The zero-order valence-corrected chi connectivity index (χ0v) is 17.6. The summed E-state index contributed by atoms with van der Waals surface area (Å²) in [6, 6.07) is 12.8. The lowest BCUT2D eigenvalue weighted by Gasteiger charge is -2.36. The molecule has 1 aliphatic heterocycles. The molecular formula is C23H22ClFN4O2. The molecule has 160 valence electrons. The summed E-state index contributed by atoms with van der Waals surface area (Å²) in [6.45, 7) is 0.458. The summed E-state index contributed by atoms with van der Waals surface area (Å²) in [5, 5.41) is 0.633. The second kappa shape index (κ2) is 9.31. The van der Waals surface area contributed by atoms with Crippen LogP contribution < -0.4 is 10.5 Å². The van der Waals surface area contributed by atoms with Gasteiger partial charge in [-0.1, -0.05) is 23.7 Å². The number of hydrogen-bond donors (Lipinski definition) is 1. The zero-order valence-electron chi connectivity index (χ0n) is 16.8. The van der Waals surface area contributed by atoms with E-state index in [0.29, 0.717) is 23.0 Å². The number of nitrogens with zero attached hydrogens (tertiary/aromatic N) is 3. The molecule has 1 saturated heterocycles. The number of carbonyl (C=O) groups excluding carboxylic acids is 1. The lowest BCUT2D eigenvalue weighted by atomic mass is 9.94. The number of benzene rings is 2. The monoisotopic (exact) mass is 440 g/mol. The van der Waals surface area contributed by atoms with E-state index in [4.69, 9.17) is 22.1 Å². The summed E-state index contributed by atoms with van der Waals surface area (Å²) in [5.74, 6) is 0.0869. The van der Waals surface area contributed by atoms with Gasteiger partial charge in [-0.3, -0.25) is 4.79 Å². The topological polar surface area (TPSA) is 81.3 Å². The van der Waals surface area contributed by atoms with Crippen molar-refractivity contribution in [1.82, 2.24) is 14.9 Å². The average Bonchev–Trinajstić information content (AvgIpc) is 2.79. The average molecular weight is 441 g/mol. The molecule has 0 radical (unpaired) electrons. The van der Waals surface area contributed by atoms with Crippen LogP contribution in [-0.2, 0) is 4.79 Å². The Morgan fingerprint density at radius 3 is 2.65 bits per heavy atom. The maximum Gasteiger partial charge on any atom is 0.261 e. The molecule has 0 spiro atoms. The quantitative estimate of drug-likeness (QED) is 0.624. The first-order valence-corrected chi connectivity index (χ1v) is 10.5. The summed E-state index contributed by atoms with van der Waals surface area (Å²) < 4.78 is 18.7. The van der Waals surface area contributed by atoms with Crippen LogP contribution in [-0.4, -0.2) is 33.9 Å². The van der Waals surface area contributed by atoms with Crippen molar-refractivity contribution in [2.24, 2.45) is 0 Å². The van der Waals surface area contributed by atoms with Crippen molar-refractivity contribution in [3.05, 3.63) is 71.3 Å². The molecule has 1 aromatic heterocycles. The fourth-order valence-electron chi connectivity index (χ4n) is 3.79. The Kier molecular flexibility index (Phi) is 6.32. The van der Waals surface area contributed by atoms with E-state index < -0.39 is 0 Å². The van der Waals surface area contributed by atoms with Gasteiger partial charge in [0.05, 0.1) is 11.7 Å². The highest BCUT2D eigenvalue weighted by Crippen LogP contribution is 2.36. The van der Waals surface area contributed by atoms with E-state index in [2.05, 4.69) is 9.97 Å². The molecule has 2 aromatic carbocycles. The number of amides is 1. The Bertz CT molecular complexity index is 1060. The fourth-order valence-corrected chi connectivity index (χ4v) is 3.91. The first kappa shape index (κ1) is 21.1. The van der Waals surface area contributed by atoms with E-state index in [0.717, 1.165) is 30.4 Å². The van der Waals surface area contributed by atoms with Gasteiger partial charge < -0.3 is 15.4 Å². The standard InChI is InChI=1S/C23H22ClFN4O2/c24-16-6-4-15(5-7-16)19-13-27-23(26)28-22(19)20-3-1-2-12-29(20)21(30)14-31-18-10-8-17(25)9-11-18/h4-11,13,20H,1-3,12,14H2,(H2,26,27,28)/t20-/m0/s1. The molecule has 6 nitrogen and oxygen atoms in total. The second-order valence-corrected chi connectivity index (χ2v) is 7.81. The number of anilines is 1. The predicted molar refractivity (Wildman–Crippen MR) is 117 cm³/mol. The summed E-state index contributed by atoms with van der Waals surface area (Å²) >= 11 is 6.03. The summed E-state index contributed by atoms with van der Waals surface area (Å²) in [7, 11) is 0. The minimum absolute atomic E-state index is 0.140. The van der Waals surface area contributed by atoms with E-state index in [1.54, 1.807) is 23.2 Å². The zero-order chi connectivity index (χ0) is 21.8. The van der Waals surface area contributed by atoms with E-state index >= 15 is 0 Å². The number of ether oxygens (including phenoxy) is 1. The van der Waals surface area contributed by atoms with Crippen LogP contribution in [0.1, 0.15) is 31.0 Å². The van der Waals surface area contributed by atoms with Crippen LogP contribution in [0, 0.1) is 5.82 Å². The normalized spacial score (nSPS) is 16.2. The van der Waals surface area contributed by atoms with E-state index in [1.807, 2.05) is 12.1 Å². The van der Waals surface area contributed by atoms with Gasteiger partial charge in [-0.2, -0.15) is 0 Å². The molecule has 4 rings (SSSR count). The van der Waals surface area contributed by atoms with Crippen molar-refractivity contribution in [2.75, 3.05) is 18.9 Å². The van der Waals surface area contributed by atoms with Gasteiger partial charge >= 0.3 is 0 Å². The van der Waals surface area contributed by atoms with Gasteiger partial charge in [0.1, 0.15) is 11.6 Å². The number of rotatable bonds is 5. The van der Waals surface area contributed by atoms with E-state index in [1.165, 1.54) is 24.3 Å². The van der Waals surface area contributed by atoms with Gasteiger partial charge in [-0.05, 0) is 61.2 Å². The van der Waals surface area contributed by atoms with Crippen molar-refractivity contribution in [3.63, 3.8) is 0 Å². The van der Waals surface area contributed by atoms with Crippen molar-refractivity contribution in [2.45, 2.75) is 25.3 Å². The number of nitrogens with two attached hydrogens (primary N) is 1. The van der Waals surface area contributed by atoms with E-state index in [9.17, 15) is 9.18 Å². The molecule has 2 N–H and O–H groups in total. The highest BCUT2D eigenvalue weighted by Gasteiger charge is 2.31. The van der Waals surface area contributed by atoms with Gasteiger partial charge in [0, 0.05) is 23.3 Å².